The largest absolute Gasteiger partial charge is 0.351 e. The predicted molar refractivity (Wildman–Crippen MR) is 144 cm³/mol. The summed E-state index contributed by atoms with van der Waals surface area (Å²) in [6.45, 7) is 3.04. The highest BCUT2D eigenvalue weighted by Crippen LogP contribution is 2.30. The lowest BCUT2D eigenvalue weighted by molar-refractivity contribution is -0.117. The summed E-state index contributed by atoms with van der Waals surface area (Å²) >= 11 is 12.5. The Kier molecular flexibility index (Phi) is 7.92. The van der Waals surface area contributed by atoms with Gasteiger partial charge in [-0.05, 0) is 55.2 Å². The summed E-state index contributed by atoms with van der Waals surface area (Å²) in [4.78, 5) is 12.8. The fourth-order valence-corrected chi connectivity index (χ4v) is 4.66. The van der Waals surface area contributed by atoms with Crippen molar-refractivity contribution < 1.29 is 4.79 Å². The maximum Gasteiger partial charge on any atom is 0.261 e. The molecule has 0 radical (unpaired) electrons. The van der Waals surface area contributed by atoms with Crippen molar-refractivity contribution in [1.29, 1.82) is 5.26 Å². The molecule has 4 nitrogen and oxygen atoms in total. The predicted octanol–water partition coefficient (Wildman–Crippen LogP) is 6.96. The zero-order valence-electron chi connectivity index (χ0n) is 19.4. The number of hydrogen-bond donors (Lipinski definition) is 1. The molecule has 0 aliphatic carbocycles. The van der Waals surface area contributed by atoms with Crippen LogP contribution in [0.3, 0.4) is 0 Å². The summed E-state index contributed by atoms with van der Waals surface area (Å²) in [6.07, 6.45) is 3.35. The van der Waals surface area contributed by atoms with Gasteiger partial charge < -0.3 is 9.88 Å². The molecule has 0 fully saturated rings. The average Bonchev–Trinajstić information content (AvgIpc) is 3.13. The van der Waals surface area contributed by atoms with E-state index in [9.17, 15) is 10.1 Å². The van der Waals surface area contributed by atoms with Crippen LogP contribution in [-0.2, 0) is 17.8 Å². The van der Waals surface area contributed by atoms with Gasteiger partial charge in [0, 0.05) is 45.3 Å². The fourth-order valence-electron chi connectivity index (χ4n) is 4.19. The van der Waals surface area contributed by atoms with E-state index in [2.05, 4.69) is 28.1 Å². The number of nitrogens with zero attached hydrogens (tertiary/aromatic N) is 2. The highest BCUT2D eigenvalue weighted by molar-refractivity contribution is 6.35. The van der Waals surface area contributed by atoms with Gasteiger partial charge in [0.05, 0.1) is 0 Å². The van der Waals surface area contributed by atoms with Gasteiger partial charge in [-0.2, -0.15) is 5.26 Å². The van der Waals surface area contributed by atoms with Crippen LogP contribution in [0.4, 0.5) is 0 Å². The van der Waals surface area contributed by atoms with E-state index in [1.807, 2.05) is 61.5 Å². The van der Waals surface area contributed by atoms with Gasteiger partial charge >= 0.3 is 0 Å². The quantitative estimate of drug-likeness (QED) is 0.161. The van der Waals surface area contributed by atoms with Crippen LogP contribution in [0, 0.1) is 18.3 Å². The standard InChI is InChI=1S/C29H25Cl2N3O/c1-20-26(16-23(18-32)29(35)33-15-7-10-21-8-3-2-4-9-21)25-11-5-6-12-28(25)34(20)19-22-13-14-24(30)17-27(22)31/h2-6,8-9,11-14,16-17H,7,10,15,19H2,1H3,(H,33,35)/b23-16-. The van der Waals surface area contributed by atoms with Crippen LogP contribution >= 0.6 is 23.2 Å². The van der Waals surface area contributed by atoms with Gasteiger partial charge in [0.1, 0.15) is 11.6 Å². The number of nitrogens with one attached hydrogen (secondary N) is 1. The monoisotopic (exact) mass is 501 g/mol. The lowest BCUT2D eigenvalue weighted by Gasteiger charge is -2.11. The number of aromatic nitrogens is 1. The first-order chi connectivity index (χ1) is 17.0. The number of fused-ring (bicyclic) bond motifs is 1. The van der Waals surface area contributed by atoms with E-state index in [1.54, 1.807) is 12.1 Å². The average molecular weight is 502 g/mol. The summed E-state index contributed by atoms with van der Waals surface area (Å²) in [5.74, 6) is -0.363. The van der Waals surface area contributed by atoms with Crippen LogP contribution in [0.2, 0.25) is 10.0 Å². The van der Waals surface area contributed by atoms with E-state index in [0.717, 1.165) is 40.6 Å². The normalized spacial score (nSPS) is 11.4. The second-order valence-electron chi connectivity index (χ2n) is 8.35. The van der Waals surface area contributed by atoms with Crippen LogP contribution in [0.5, 0.6) is 0 Å². The van der Waals surface area contributed by atoms with Crippen molar-refractivity contribution in [3.05, 3.63) is 111 Å². The Hall–Kier alpha value is -3.52. The lowest BCUT2D eigenvalue weighted by atomic mass is 10.1. The molecule has 176 valence electrons. The van der Waals surface area contributed by atoms with E-state index >= 15 is 0 Å². The van der Waals surface area contributed by atoms with Gasteiger partial charge in [-0.25, -0.2) is 0 Å². The number of hydrogen-bond acceptors (Lipinski definition) is 2. The molecule has 4 aromatic rings. The van der Waals surface area contributed by atoms with Crippen molar-refractivity contribution in [2.45, 2.75) is 26.3 Å². The first kappa shape index (κ1) is 24.6. The number of benzene rings is 3. The van der Waals surface area contributed by atoms with Crippen LogP contribution in [0.25, 0.3) is 17.0 Å². The molecule has 1 amide bonds. The van der Waals surface area contributed by atoms with Gasteiger partial charge in [-0.1, -0.05) is 77.8 Å². The molecule has 0 spiro atoms. The SMILES string of the molecule is Cc1c(/C=C(/C#N)C(=O)NCCCc2ccccc2)c2ccccc2n1Cc1ccc(Cl)cc1Cl. The Morgan fingerprint density at radius 2 is 1.80 bits per heavy atom. The minimum atomic E-state index is -0.363. The van der Waals surface area contributed by atoms with Gasteiger partial charge in [0.15, 0.2) is 0 Å². The second kappa shape index (κ2) is 11.3. The highest BCUT2D eigenvalue weighted by atomic mass is 35.5. The number of nitriles is 1. The third-order valence-corrected chi connectivity index (χ3v) is 6.63. The third kappa shape index (κ3) is 5.77. The molecule has 0 aliphatic rings. The summed E-state index contributed by atoms with van der Waals surface area (Å²) in [6, 6.07) is 25.6. The number of amides is 1. The maximum absolute atomic E-state index is 12.8. The number of aryl methyl sites for hydroxylation is 1. The molecule has 3 aromatic carbocycles. The van der Waals surface area contributed by atoms with Gasteiger partial charge in [0.2, 0.25) is 0 Å². The van der Waals surface area contributed by atoms with Crippen molar-refractivity contribution in [3.63, 3.8) is 0 Å². The molecule has 0 saturated carbocycles. The van der Waals surface area contributed by atoms with E-state index < -0.39 is 0 Å². The Bertz CT molecular complexity index is 1430. The first-order valence-corrected chi connectivity index (χ1v) is 12.2. The van der Waals surface area contributed by atoms with Crippen molar-refractivity contribution >= 4 is 46.1 Å². The molecule has 1 N–H and O–H groups in total. The molecule has 1 aromatic heterocycles. The number of carbonyl (C=O) groups excluding carboxylic acids is 1. The molecule has 1 heterocycles. The minimum absolute atomic E-state index is 0.0836. The van der Waals surface area contributed by atoms with E-state index in [-0.39, 0.29) is 11.5 Å². The molecule has 0 atom stereocenters. The molecule has 0 saturated heterocycles. The summed E-state index contributed by atoms with van der Waals surface area (Å²) < 4.78 is 2.14. The Morgan fingerprint density at radius 3 is 2.54 bits per heavy atom. The number of carbonyl (C=O) groups is 1. The van der Waals surface area contributed by atoms with Crippen molar-refractivity contribution in [2.24, 2.45) is 0 Å². The van der Waals surface area contributed by atoms with Crippen LogP contribution in [0.1, 0.15) is 28.8 Å². The van der Waals surface area contributed by atoms with Crippen LogP contribution < -0.4 is 5.32 Å². The first-order valence-electron chi connectivity index (χ1n) is 11.4. The highest BCUT2D eigenvalue weighted by Gasteiger charge is 2.16. The van der Waals surface area contributed by atoms with Crippen molar-refractivity contribution in [2.75, 3.05) is 6.54 Å². The smallest absolute Gasteiger partial charge is 0.261 e. The zero-order valence-corrected chi connectivity index (χ0v) is 20.9. The molecule has 4 rings (SSSR count). The van der Waals surface area contributed by atoms with Crippen molar-refractivity contribution in [3.8, 4) is 6.07 Å². The fraction of sp³-hybridized carbons (Fsp3) is 0.172. The Morgan fingerprint density at radius 1 is 1.06 bits per heavy atom. The van der Waals surface area contributed by atoms with Crippen LogP contribution in [0.15, 0.2) is 78.4 Å². The van der Waals surface area contributed by atoms with Gasteiger partial charge in [-0.3, -0.25) is 4.79 Å². The minimum Gasteiger partial charge on any atom is -0.351 e. The second-order valence-corrected chi connectivity index (χ2v) is 9.20. The molecule has 6 heteroatoms. The third-order valence-electron chi connectivity index (χ3n) is 6.05. The maximum atomic E-state index is 12.8. The number of halogens is 2. The van der Waals surface area contributed by atoms with E-state index in [1.165, 1.54) is 5.56 Å². The molecular weight excluding hydrogens is 477 g/mol. The number of rotatable bonds is 8. The Labute approximate surface area is 215 Å². The van der Waals surface area contributed by atoms with Gasteiger partial charge in [-0.15, -0.1) is 0 Å². The molecule has 0 unspecified atom stereocenters. The van der Waals surface area contributed by atoms with Crippen LogP contribution in [-0.4, -0.2) is 17.0 Å². The molecule has 0 bridgehead atoms. The van der Waals surface area contributed by atoms with E-state index in [0.29, 0.717) is 23.1 Å². The summed E-state index contributed by atoms with van der Waals surface area (Å²) in [7, 11) is 0. The molecule has 0 aliphatic heterocycles. The number of para-hydroxylation sites is 1. The van der Waals surface area contributed by atoms with E-state index in [4.69, 9.17) is 23.2 Å². The lowest BCUT2D eigenvalue weighted by Crippen LogP contribution is -2.25. The Balaban J connectivity index is 1.57. The van der Waals surface area contributed by atoms with Gasteiger partial charge in [0.25, 0.3) is 5.91 Å². The summed E-state index contributed by atoms with van der Waals surface area (Å²) in [5, 5.41) is 14.8. The van der Waals surface area contributed by atoms with Crippen molar-refractivity contribution in [1.82, 2.24) is 9.88 Å². The molecule has 35 heavy (non-hydrogen) atoms. The summed E-state index contributed by atoms with van der Waals surface area (Å²) in [5.41, 5.74) is 5.04. The molecular formula is C29H25Cl2N3O. The topological polar surface area (TPSA) is 57.8 Å². The zero-order chi connectivity index (χ0) is 24.8.